The molecule has 1 N–H and O–H groups in total. The second-order valence-corrected chi connectivity index (χ2v) is 4.83. The van der Waals surface area contributed by atoms with Crippen LogP contribution in [0.4, 0.5) is 0 Å². The van der Waals surface area contributed by atoms with Gasteiger partial charge in [-0.1, -0.05) is 13.3 Å². The summed E-state index contributed by atoms with van der Waals surface area (Å²) >= 11 is 0. The predicted molar refractivity (Wildman–Crippen MR) is 75.5 cm³/mol. The summed E-state index contributed by atoms with van der Waals surface area (Å²) in [5.41, 5.74) is 1.07. The van der Waals surface area contributed by atoms with Crippen LogP contribution in [-0.2, 0) is 11.2 Å². The number of rotatable bonds is 7. The molecule has 106 valence electrons. The third-order valence-corrected chi connectivity index (χ3v) is 2.79. The number of hydrogen-bond acceptors (Lipinski definition) is 3. The van der Waals surface area contributed by atoms with E-state index in [2.05, 4.69) is 6.92 Å². The molecule has 0 radical (unpaired) electrons. The summed E-state index contributed by atoms with van der Waals surface area (Å²) in [7, 11) is 3.49. The molecule has 0 aromatic heterocycles. The van der Waals surface area contributed by atoms with E-state index in [0.29, 0.717) is 25.2 Å². The number of phenols is 1. The van der Waals surface area contributed by atoms with Crippen molar-refractivity contribution in [3.8, 4) is 11.5 Å². The highest BCUT2D eigenvalue weighted by Gasteiger charge is 2.04. The van der Waals surface area contributed by atoms with Gasteiger partial charge in [0.05, 0.1) is 6.61 Å². The molecular weight excluding hydrogens is 242 g/mol. The molecule has 0 aliphatic carbocycles. The van der Waals surface area contributed by atoms with Crippen LogP contribution >= 0.6 is 0 Å². The first-order valence-electron chi connectivity index (χ1n) is 6.68. The lowest BCUT2D eigenvalue weighted by Crippen LogP contribution is -2.21. The predicted octanol–water partition coefficient (Wildman–Crippen LogP) is 2.59. The second kappa shape index (κ2) is 7.67. The summed E-state index contributed by atoms with van der Waals surface area (Å²) in [4.78, 5) is 13.0. The molecule has 1 amide bonds. The van der Waals surface area contributed by atoms with E-state index in [1.54, 1.807) is 31.1 Å². The highest BCUT2D eigenvalue weighted by atomic mass is 16.5. The Bertz CT molecular complexity index is 416. The quantitative estimate of drug-likeness (QED) is 0.771. The van der Waals surface area contributed by atoms with Gasteiger partial charge in [-0.2, -0.15) is 0 Å². The van der Waals surface area contributed by atoms with Crippen LogP contribution in [0.2, 0.25) is 0 Å². The summed E-state index contributed by atoms with van der Waals surface area (Å²) < 4.78 is 5.57. The van der Waals surface area contributed by atoms with Gasteiger partial charge < -0.3 is 14.7 Å². The Morgan fingerprint density at radius 1 is 1.32 bits per heavy atom. The summed E-state index contributed by atoms with van der Waals surface area (Å²) in [6.07, 6.45) is 3.10. The maximum absolute atomic E-state index is 11.4. The Hall–Kier alpha value is -1.71. The molecule has 0 unspecified atom stereocenters. The minimum absolute atomic E-state index is 0.103. The van der Waals surface area contributed by atoms with Gasteiger partial charge in [-0.05, 0) is 30.5 Å². The van der Waals surface area contributed by atoms with Crippen LogP contribution in [0.1, 0.15) is 31.7 Å². The van der Waals surface area contributed by atoms with E-state index in [0.717, 1.165) is 18.4 Å². The number of aromatic hydroxyl groups is 1. The van der Waals surface area contributed by atoms with Gasteiger partial charge in [-0.15, -0.1) is 0 Å². The van der Waals surface area contributed by atoms with Crippen LogP contribution in [0.3, 0.4) is 0 Å². The van der Waals surface area contributed by atoms with Crippen LogP contribution in [0, 0.1) is 0 Å². The minimum atomic E-state index is 0.103. The van der Waals surface area contributed by atoms with Crippen molar-refractivity contribution in [1.82, 2.24) is 4.90 Å². The number of nitrogens with zero attached hydrogens (tertiary/aromatic N) is 1. The molecular formula is C15H23NO3. The number of benzene rings is 1. The number of carbonyl (C=O) groups excluding carboxylic acids is 1. The molecule has 0 fully saturated rings. The highest BCUT2D eigenvalue weighted by molar-refractivity contribution is 5.75. The van der Waals surface area contributed by atoms with Crippen molar-refractivity contribution in [2.75, 3.05) is 20.7 Å². The van der Waals surface area contributed by atoms with Crippen LogP contribution in [0.25, 0.3) is 0 Å². The number of ether oxygens (including phenoxy) is 1. The van der Waals surface area contributed by atoms with Crippen molar-refractivity contribution in [3.63, 3.8) is 0 Å². The van der Waals surface area contributed by atoms with Gasteiger partial charge in [0.25, 0.3) is 0 Å². The van der Waals surface area contributed by atoms with E-state index in [1.807, 2.05) is 6.07 Å². The van der Waals surface area contributed by atoms with Crippen molar-refractivity contribution in [3.05, 3.63) is 23.8 Å². The topological polar surface area (TPSA) is 49.8 Å². The van der Waals surface area contributed by atoms with Gasteiger partial charge in [-0.25, -0.2) is 0 Å². The van der Waals surface area contributed by atoms with Crippen molar-refractivity contribution in [1.29, 1.82) is 0 Å². The molecule has 0 heterocycles. The highest BCUT2D eigenvalue weighted by Crippen LogP contribution is 2.22. The van der Waals surface area contributed by atoms with E-state index in [4.69, 9.17) is 4.74 Å². The first-order chi connectivity index (χ1) is 9.02. The molecule has 0 aliphatic heterocycles. The maximum Gasteiger partial charge on any atom is 0.222 e. The van der Waals surface area contributed by atoms with Gasteiger partial charge in [0.15, 0.2) is 0 Å². The van der Waals surface area contributed by atoms with Crippen LogP contribution in [0.15, 0.2) is 18.2 Å². The monoisotopic (exact) mass is 265 g/mol. The van der Waals surface area contributed by atoms with E-state index in [1.165, 1.54) is 0 Å². The van der Waals surface area contributed by atoms with Crippen LogP contribution in [-0.4, -0.2) is 36.6 Å². The molecule has 0 aliphatic rings. The molecule has 4 heteroatoms. The Labute approximate surface area is 115 Å². The molecule has 0 spiro atoms. The normalized spacial score (nSPS) is 10.3. The molecule has 0 atom stereocenters. The lowest BCUT2D eigenvalue weighted by Gasteiger charge is -2.11. The van der Waals surface area contributed by atoms with E-state index in [-0.39, 0.29) is 11.7 Å². The molecule has 19 heavy (non-hydrogen) atoms. The molecule has 0 saturated heterocycles. The summed E-state index contributed by atoms with van der Waals surface area (Å²) in [5.74, 6) is 0.997. The first-order valence-corrected chi connectivity index (χ1v) is 6.68. The zero-order chi connectivity index (χ0) is 14.3. The average Bonchev–Trinajstić information content (AvgIpc) is 2.34. The molecule has 0 saturated carbocycles. The number of aryl methyl sites for hydroxylation is 1. The largest absolute Gasteiger partial charge is 0.508 e. The van der Waals surface area contributed by atoms with Gasteiger partial charge in [0, 0.05) is 26.6 Å². The summed E-state index contributed by atoms with van der Waals surface area (Å²) in [6.45, 7) is 2.58. The van der Waals surface area contributed by atoms with Crippen LogP contribution in [0.5, 0.6) is 11.5 Å². The maximum atomic E-state index is 11.4. The van der Waals surface area contributed by atoms with Crippen molar-refractivity contribution < 1.29 is 14.6 Å². The molecule has 0 bridgehead atoms. The number of amides is 1. The Kier molecular flexibility index (Phi) is 6.19. The fourth-order valence-electron chi connectivity index (χ4n) is 1.80. The van der Waals surface area contributed by atoms with E-state index >= 15 is 0 Å². The third-order valence-electron chi connectivity index (χ3n) is 2.79. The van der Waals surface area contributed by atoms with Crippen LogP contribution < -0.4 is 4.74 Å². The van der Waals surface area contributed by atoms with Gasteiger partial charge >= 0.3 is 0 Å². The standard InChI is InChI=1S/C15H23NO3/c1-4-6-12-9-13(17)11-14(10-12)19-8-5-7-15(18)16(2)3/h9-11,17H,4-8H2,1-3H3. The van der Waals surface area contributed by atoms with E-state index < -0.39 is 0 Å². The number of hydrogen-bond donors (Lipinski definition) is 1. The second-order valence-electron chi connectivity index (χ2n) is 4.83. The number of phenolic OH excluding ortho intramolecular Hbond substituents is 1. The Morgan fingerprint density at radius 2 is 2.05 bits per heavy atom. The fraction of sp³-hybridized carbons (Fsp3) is 0.533. The third kappa shape index (κ3) is 5.64. The zero-order valence-electron chi connectivity index (χ0n) is 12.0. The van der Waals surface area contributed by atoms with Crippen molar-refractivity contribution >= 4 is 5.91 Å². The fourth-order valence-corrected chi connectivity index (χ4v) is 1.80. The summed E-state index contributed by atoms with van der Waals surface area (Å²) in [6, 6.07) is 5.30. The Morgan fingerprint density at radius 3 is 2.68 bits per heavy atom. The number of carbonyl (C=O) groups is 1. The molecule has 1 aromatic rings. The molecule has 1 aromatic carbocycles. The molecule has 4 nitrogen and oxygen atoms in total. The van der Waals surface area contributed by atoms with Gasteiger partial charge in [-0.3, -0.25) is 4.79 Å². The first kappa shape index (κ1) is 15.3. The lowest BCUT2D eigenvalue weighted by molar-refractivity contribution is -0.128. The lowest BCUT2D eigenvalue weighted by atomic mass is 10.1. The van der Waals surface area contributed by atoms with Crippen molar-refractivity contribution in [2.24, 2.45) is 0 Å². The van der Waals surface area contributed by atoms with Gasteiger partial charge in [0.2, 0.25) is 5.91 Å². The molecule has 1 rings (SSSR count). The SMILES string of the molecule is CCCc1cc(O)cc(OCCCC(=O)N(C)C)c1. The summed E-state index contributed by atoms with van der Waals surface area (Å²) in [5, 5.41) is 9.60. The zero-order valence-corrected chi connectivity index (χ0v) is 12.0. The van der Waals surface area contributed by atoms with Gasteiger partial charge in [0.1, 0.15) is 11.5 Å². The van der Waals surface area contributed by atoms with E-state index in [9.17, 15) is 9.90 Å². The Balaban J connectivity index is 2.42. The smallest absolute Gasteiger partial charge is 0.222 e. The average molecular weight is 265 g/mol. The minimum Gasteiger partial charge on any atom is -0.508 e. The van der Waals surface area contributed by atoms with Crippen molar-refractivity contribution in [2.45, 2.75) is 32.6 Å².